The third kappa shape index (κ3) is 5.38. The van der Waals surface area contributed by atoms with Crippen molar-refractivity contribution >= 4 is 0 Å². The molecule has 0 aromatic rings. The summed E-state index contributed by atoms with van der Waals surface area (Å²) in [6.07, 6.45) is 7.29. The van der Waals surface area contributed by atoms with Gasteiger partial charge in [0.25, 0.3) is 0 Å². The number of hydrogen-bond acceptors (Lipinski definition) is 4. The highest BCUT2D eigenvalue weighted by molar-refractivity contribution is 4.79. The summed E-state index contributed by atoms with van der Waals surface area (Å²) in [6.45, 7) is 4.83. The molecule has 1 aliphatic carbocycles. The summed E-state index contributed by atoms with van der Waals surface area (Å²) in [6, 6.07) is 0.571. The second-order valence-corrected chi connectivity index (χ2v) is 6.10. The second-order valence-electron chi connectivity index (χ2n) is 6.10. The van der Waals surface area contributed by atoms with Crippen LogP contribution in [-0.2, 0) is 9.47 Å². The van der Waals surface area contributed by atoms with Crippen molar-refractivity contribution < 1.29 is 14.6 Å². The topological polar surface area (TPSA) is 50.7 Å². The van der Waals surface area contributed by atoms with Gasteiger partial charge >= 0.3 is 0 Å². The van der Waals surface area contributed by atoms with Gasteiger partial charge in [-0.15, -0.1) is 0 Å². The van der Waals surface area contributed by atoms with Crippen molar-refractivity contribution in [3.05, 3.63) is 0 Å². The van der Waals surface area contributed by atoms with E-state index in [0.717, 1.165) is 25.4 Å². The SMILES string of the molecule is CC1CCCCC1NCC(O)COCC1CCCO1. The highest BCUT2D eigenvalue weighted by Gasteiger charge is 2.21. The van der Waals surface area contributed by atoms with Gasteiger partial charge in [0.2, 0.25) is 0 Å². The van der Waals surface area contributed by atoms with Gasteiger partial charge in [0.15, 0.2) is 0 Å². The van der Waals surface area contributed by atoms with Crippen molar-refractivity contribution in [2.75, 3.05) is 26.4 Å². The van der Waals surface area contributed by atoms with Crippen LogP contribution < -0.4 is 5.32 Å². The van der Waals surface area contributed by atoms with Crippen LogP contribution in [0.3, 0.4) is 0 Å². The Balaban J connectivity index is 1.52. The number of hydrogen-bond donors (Lipinski definition) is 2. The zero-order valence-electron chi connectivity index (χ0n) is 12.1. The lowest BCUT2D eigenvalue weighted by Crippen LogP contribution is -2.42. The van der Waals surface area contributed by atoms with Gasteiger partial charge in [0.1, 0.15) is 0 Å². The average Bonchev–Trinajstić information content (AvgIpc) is 2.91. The Kier molecular flexibility index (Phi) is 6.57. The second kappa shape index (κ2) is 8.20. The van der Waals surface area contributed by atoms with E-state index >= 15 is 0 Å². The van der Waals surface area contributed by atoms with Crippen molar-refractivity contribution in [3.63, 3.8) is 0 Å². The summed E-state index contributed by atoms with van der Waals surface area (Å²) in [5.74, 6) is 0.730. The summed E-state index contributed by atoms with van der Waals surface area (Å²) in [5.41, 5.74) is 0. The van der Waals surface area contributed by atoms with Crippen LogP contribution in [0, 0.1) is 5.92 Å². The third-order valence-corrected chi connectivity index (χ3v) is 4.37. The van der Waals surface area contributed by atoms with Gasteiger partial charge in [-0.05, 0) is 31.6 Å². The molecule has 1 heterocycles. The Bertz CT molecular complexity index is 244. The summed E-state index contributed by atoms with van der Waals surface area (Å²) < 4.78 is 11.0. The first-order chi connectivity index (χ1) is 9.25. The van der Waals surface area contributed by atoms with Gasteiger partial charge in [0, 0.05) is 19.2 Å². The predicted octanol–water partition coefficient (Wildman–Crippen LogP) is 1.71. The molecule has 4 unspecified atom stereocenters. The van der Waals surface area contributed by atoms with Crippen LogP contribution in [0.5, 0.6) is 0 Å². The molecule has 2 N–H and O–H groups in total. The van der Waals surface area contributed by atoms with E-state index in [4.69, 9.17) is 9.47 Å². The lowest BCUT2D eigenvalue weighted by Gasteiger charge is -2.30. The Morgan fingerprint density at radius 3 is 2.84 bits per heavy atom. The van der Waals surface area contributed by atoms with Crippen LogP contribution >= 0.6 is 0 Å². The fourth-order valence-corrected chi connectivity index (χ4v) is 3.08. The Labute approximate surface area is 116 Å². The van der Waals surface area contributed by atoms with E-state index in [9.17, 15) is 5.11 Å². The highest BCUT2D eigenvalue weighted by Crippen LogP contribution is 2.23. The normalized spacial score (nSPS) is 33.5. The van der Waals surface area contributed by atoms with Gasteiger partial charge in [-0.25, -0.2) is 0 Å². The van der Waals surface area contributed by atoms with Crippen LogP contribution in [-0.4, -0.2) is 49.7 Å². The zero-order chi connectivity index (χ0) is 13.5. The molecule has 4 atom stereocenters. The number of nitrogens with one attached hydrogen (secondary N) is 1. The fraction of sp³-hybridized carbons (Fsp3) is 1.00. The zero-order valence-corrected chi connectivity index (χ0v) is 12.1. The minimum Gasteiger partial charge on any atom is -0.389 e. The number of aliphatic hydroxyl groups is 1. The molecule has 2 rings (SSSR count). The maximum absolute atomic E-state index is 9.91. The fourth-order valence-electron chi connectivity index (χ4n) is 3.08. The van der Waals surface area contributed by atoms with E-state index in [0.29, 0.717) is 25.8 Å². The molecule has 4 heteroatoms. The van der Waals surface area contributed by atoms with E-state index < -0.39 is 6.10 Å². The molecule has 1 aliphatic heterocycles. The first-order valence-corrected chi connectivity index (χ1v) is 7.86. The molecule has 0 amide bonds. The molecule has 19 heavy (non-hydrogen) atoms. The van der Waals surface area contributed by atoms with Crippen LogP contribution in [0.25, 0.3) is 0 Å². The smallest absolute Gasteiger partial charge is 0.0897 e. The van der Waals surface area contributed by atoms with E-state index in [2.05, 4.69) is 12.2 Å². The molecule has 1 saturated heterocycles. The molecular weight excluding hydrogens is 242 g/mol. The first-order valence-electron chi connectivity index (χ1n) is 7.86. The summed E-state index contributed by atoms with van der Waals surface area (Å²) in [5, 5.41) is 13.4. The first kappa shape index (κ1) is 15.2. The van der Waals surface area contributed by atoms with E-state index in [1.165, 1.54) is 25.7 Å². The van der Waals surface area contributed by atoms with Crippen LogP contribution in [0.2, 0.25) is 0 Å². The summed E-state index contributed by atoms with van der Waals surface area (Å²) in [7, 11) is 0. The molecule has 0 spiro atoms. The molecule has 0 bridgehead atoms. The van der Waals surface area contributed by atoms with Crippen LogP contribution in [0.1, 0.15) is 45.4 Å². The van der Waals surface area contributed by atoms with Crippen molar-refractivity contribution in [3.8, 4) is 0 Å². The van der Waals surface area contributed by atoms with E-state index in [1.807, 2.05) is 0 Å². The maximum atomic E-state index is 9.91. The molecule has 1 saturated carbocycles. The van der Waals surface area contributed by atoms with Crippen molar-refractivity contribution in [1.82, 2.24) is 5.32 Å². The molecule has 0 aromatic heterocycles. The predicted molar refractivity (Wildman–Crippen MR) is 75.2 cm³/mol. The van der Waals surface area contributed by atoms with E-state index in [-0.39, 0.29) is 6.10 Å². The molecule has 0 radical (unpaired) electrons. The maximum Gasteiger partial charge on any atom is 0.0897 e. The van der Waals surface area contributed by atoms with Crippen molar-refractivity contribution in [2.24, 2.45) is 5.92 Å². The highest BCUT2D eigenvalue weighted by atomic mass is 16.5. The molecule has 112 valence electrons. The molecule has 2 aliphatic rings. The molecular formula is C15H29NO3. The largest absolute Gasteiger partial charge is 0.389 e. The van der Waals surface area contributed by atoms with Crippen LogP contribution in [0.15, 0.2) is 0 Å². The lowest BCUT2D eigenvalue weighted by atomic mass is 9.86. The third-order valence-electron chi connectivity index (χ3n) is 4.37. The van der Waals surface area contributed by atoms with Crippen molar-refractivity contribution in [2.45, 2.75) is 63.7 Å². The van der Waals surface area contributed by atoms with Gasteiger partial charge in [-0.3, -0.25) is 0 Å². The Morgan fingerprint density at radius 2 is 2.11 bits per heavy atom. The van der Waals surface area contributed by atoms with E-state index in [1.54, 1.807) is 0 Å². The Hall–Kier alpha value is -0.160. The lowest BCUT2D eigenvalue weighted by molar-refractivity contribution is -0.0175. The van der Waals surface area contributed by atoms with Gasteiger partial charge < -0.3 is 19.9 Å². The minimum absolute atomic E-state index is 0.249. The average molecular weight is 271 g/mol. The molecule has 4 nitrogen and oxygen atoms in total. The van der Waals surface area contributed by atoms with Gasteiger partial charge in [-0.2, -0.15) is 0 Å². The minimum atomic E-state index is -0.407. The molecule has 0 aromatic carbocycles. The quantitative estimate of drug-likeness (QED) is 0.740. The molecule has 2 fully saturated rings. The standard InChI is InChI=1S/C15H29NO3/c1-12-5-2-3-7-15(12)16-9-13(17)10-18-11-14-6-4-8-19-14/h12-17H,2-11H2,1H3. The van der Waals surface area contributed by atoms with Gasteiger partial charge in [-0.1, -0.05) is 19.8 Å². The summed E-state index contributed by atoms with van der Waals surface area (Å²) >= 11 is 0. The number of rotatable bonds is 7. The monoisotopic (exact) mass is 271 g/mol. The Morgan fingerprint density at radius 1 is 1.26 bits per heavy atom. The van der Waals surface area contributed by atoms with Crippen LogP contribution in [0.4, 0.5) is 0 Å². The van der Waals surface area contributed by atoms with Crippen molar-refractivity contribution in [1.29, 1.82) is 0 Å². The van der Waals surface area contributed by atoms with Gasteiger partial charge in [0.05, 0.1) is 25.4 Å². The summed E-state index contributed by atoms with van der Waals surface area (Å²) in [4.78, 5) is 0. The number of aliphatic hydroxyl groups excluding tert-OH is 1. The number of ether oxygens (including phenoxy) is 2.